The largest absolute Gasteiger partial charge is 0.434 e. The number of alkyl halides is 6. The number of amides is 1. The van der Waals surface area contributed by atoms with Crippen LogP contribution in [0.5, 0.6) is 0 Å². The van der Waals surface area contributed by atoms with E-state index in [4.69, 9.17) is 31.4 Å². The standard InChI is InChI=1S/C12H14B4F6N2O2/c1-8(2,3)23-4-9(13,14)24(10(15,16)5-23)7(25)26-6(11(17,18)19)12(20,21)22/h6H,4-5H2,1-3H3. The summed E-state index contributed by atoms with van der Waals surface area (Å²) in [7, 11) is 22.9. The van der Waals surface area contributed by atoms with Gasteiger partial charge in [-0.15, -0.1) is 0 Å². The summed E-state index contributed by atoms with van der Waals surface area (Å²) >= 11 is 0. The van der Waals surface area contributed by atoms with Gasteiger partial charge in [-0.2, -0.15) is 26.3 Å². The van der Waals surface area contributed by atoms with Gasteiger partial charge in [0.05, 0.1) is 31.4 Å². The highest BCUT2D eigenvalue weighted by Crippen LogP contribution is 2.37. The molecule has 1 aliphatic rings. The zero-order valence-corrected chi connectivity index (χ0v) is 14.3. The monoisotopic (exact) mass is 376 g/mol. The Labute approximate surface area is 152 Å². The molecule has 1 fully saturated rings. The second kappa shape index (κ2) is 6.60. The first-order valence-corrected chi connectivity index (χ1v) is 7.24. The highest BCUT2D eigenvalue weighted by atomic mass is 19.4. The van der Waals surface area contributed by atoms with E-state index in [9.17, 15) is 31.1 Å². The fraction of sp³-hybridized carbons (Fsp3) is 0.917. The van der Waals surface area contributed by atoms with E-state index in [0.717, 1.165) is 0 Å². The van der Waals surface area contributed by atoms with Crippen molar-refractivity contribution in [2.75, 3.05) is 13.1 Å². The molecule has 1 amide bonds. The van der Waals surface area contributed by atoms with Crippen molar-refractivity contribution in [2.45, 2.75) is 55.4 Å². The minimum atomic E-state index is -5.90. The van der Waals surface area contributed by atoms with Gasteiger partial charge < -0.3 is 9.64 Å². The summed E-state index contributed by atoms with van der Waals surface area (Å²) < 4.78 is 79.2. The Morgan fingerprint density at radius 1 is 0.923 bits per heavy atom. The van der Waals surface area contributed by atoms with Crippen LogP contribution in [-0.2, 0) is 4.74 Å². The predicted molar refractivity (Wildman–Crippen MR) is 84.0 cm³/mol. The Morgan fingerprint density at radius 2 is 1.27 bits per heavy atom. The number of carbonyl (C=O) groups excluding carboxylic acids is 1. The summed E-state index contributed by atoms with van der Waals surface area (Å²) in [4.78, 5) is 13.7. The Kier molecular flexibility index (Phi) is 5.86. The van der Waals surface area contributed by atoms with E-state index >= 15 is 0 Å². The molecule has 138 valence electrons. The van der Waals surface area contributed by atoms with Gasteiger partial charge in [-0.25, -0.2) is 4.79 Å². The Balaban J connectivity index is 3.18. The number of halogens is 6. The van der Waals surface area contributed by atoms with Crippen LogP contribution in [0.1, 0.15) is 20.8 Å². The van der Waals surface area contributed by atoms with Gasteiger partial charge in [0.15, 0.2) is 0 Å². The molecular formula is C12H14B4F6N2O2. The predicted octanol–water partition coefficient (Wildman–Crippen LogP) is 1.01. The van der Waals surface area contributed by atoms with Crippen LogP contribution in [0.2, 0.25) is 0 Å². The van der Waals surface area contributed by atoms with Gasteiger partial charge in [-0.3, -0.25) is 4.90 Å². The summed E-state index contributed by atoms with van der Waals surface area (Å²) in [6.07, 6.45) is -18.3. The molecule has 0 saturated carbocycles. The average Bonchev–Trinajstić information content (AvgIpc) is 2.28. The van der Waals surface area contributed by atoms with Crippen LogP contribution in [0.4, 0.5) is 31.1 Å². The van der Waals surface area contributed by atoms with Crippen LogP contribution < -0.4 is 0 Å². The van der Waals surface area contributed by atoms with Crippen molar-refractivity contribution >= 4 is 37.5 Å². The van der Waals surface area contributed by atoms with Crippen molar-refractivity contribution in [3.63, 3.8) is 0 Å². The lowest BCUT2D eigenvalue weighted by Crippen LogP contribution is -2.77. The van der Waals surface area contributed by atoms with Gasteiger partial charge in [0, 0.05) is 18.6 Å². The third-order valence-corrected chi connectivity index (χ3v) is 3.67. The molecule has 0 aliphatic carbocycles. The summed E-state index contributed by atoms with van der Waals surface area (Å²) in [6, 6.07) is 0. The highest BCUT2D eigenvalue weighted by Gasteiger charge is 2.61. The Bertz CT molecular complexity index is 515. The van der Waals surface area contributed by atoms with Crippen LogP contribution >= 0.6 is 0 Å². The van der Waals surface area contributed by atoms with Crippen molar-refractivity contribution in [3.05, 3.63) is 0 Å². The normalized spacial score (nSPS) is 21.7. The Morgan fingerprint density at radius 3 is 1.54 bits per heavy atom. The van der Waals surface area contributed by atoms with Crippen molar-refractivity contribution in [2.24, 2.45) is 0 Å². The first kappa shape index (κ1) is 23.1. The molecule has 0 aromatic carbocycles. The molecule has 0 spiro atoms. The highest BCUT2D eigenvalue weighted by molar-refractivity contribution is 6.46. The third-order valence-electron chi connectivity index (χ3n) is 3.67. The van der Waals surface area contributed by atoms with Crippen LogP contribution in [0.25, 0.3) is 0 Å². The molecule has 0 bridgehead atoms. The molecule has 0 N–H and O–H groups in total. The van der Waals surface area contributed by atoms with Crippen LogP contribution in [0.15, 0.2) is 0 Å². The molecule has 0 aromatic rings. The number of piperazine rings is 1. The topological polar surface area (TPSA) is 32.8 Å². The fourth-order valence-corrected chi connectivity index (χ4v) is 2.48. The number of nitrogens with zero attached hydrogens (tertiary/aromatic N) is 2. The van der Waals surface area contributed by atoms with E-state index in [-0.39, 0.29) is 18.0 Å². The molecule has 0 aromatic heterocycles. The van der Waals surface area contributed by atoms with Crippen LogP contribution in [0.3, 0.4) is 0 Å². The Hall–Kier alpha value is -0.930. The summed E-state index contributed by atoms with van der Waals surface area (Å²) in [5, 5.41) is -4.57. The summed E-state index contributed by atoms with van der Waals surface area (Å²) in [5.74, 6) is 0. The van der Waals surface area contributed by atoms with Gasteiger partial charge in [-0.1, -0.05) is 0 Å². The second-order valence-electron chi connectivity index (χ2n) is 7.19. The maximum atomic E-state index is 12.6. The number of hydrogen-bond donors (Lipinski definition) is 0. The van der Waals surface area contributed by atoms with E-state index in [1.54, 1.807) is 20.8 Å². The molecule has 26 heavy (non-hydrogen) atoms. The molecule has 1 rings (SSSR count). The molecule has 1 heterocycles. The van der Waals surface area contributed by atoms with Gasteiger partial charge in [0.2, 0.25) is 0 Å². The van der Waals surface area contributed by atoms with Gasteiger partial charge in [-0.05, 0) is 31.4 Å². The van der Waals surface area contributed by atoms with Gasteiger partial charge >= 0.3 is 18.4 Å². The third kappa shape index (κ3) is 5.07. The molecular weight excluding hydrogens is 361 g/mol. The lowest BCUT2D eigenvalue weighted by atomic mass is 9.50. The molecule has 14 heteroatoms. The van der Waals surface area contributed by atoms with E-state index in [0.29, 0.717) is 0 Å². The fourth-order valence-electron chi connectivity index (χ4n) is 2.48. The van der Waals surface area contributed by atoms with Gasteiger partial charge in [0.1, 0.15) is 0 Å². The zero-order chi connectivity index (χ0) is 20.9. The maximum absolute atomic E-state index is 12.6. The summed E-state index contributed by atoms with van der Waals surface area (Å²) in [5.41, 5.74) is -0.607. The van der Waals surface area contributed by atoms with Crippen LogP contribution in [0, 0.1) is 0 Å². The maximum Gasteiger partial charge on any atom is 0.434 e. The summed E-state index contributed by atoms with van der Waals surface area (Å²) in [6.45, 7) is 4.50. The first-order valence-electron chi connectivity index (χ1n) is 7.24. The van der Waals surface area contributed by atoms with E-state index in [2.05, 4.69) is 4.74 Å². The van der Waals surface area contributed by atoms with Gasteiger partial charge in [0.25, 0.3) is 6.10 Å². The average molecular weight is 375 g/mol. The number of ether oxygens (including phenoxy) is 1. The molecule has 1 aliphatic heterocycles. The van der Waals surface area contributed by atoms with E-state index < -0.39 is 40.8 Å². The number of carbonyl (C=O) groups is 1. The lowest BCUT2D eigenvalue weighted by Gasteiger charge is -2.60. The minimum Gasteiger partial charge on any atom is -0.427 e. The van der Waals surface area contributed by atoms with E-state index in [1.807, 2.05) is 0 Å². The SMILES string of the molecule is [B]C1([B])CN(C(C)(C)C)CC([B])([B])N1C(=O)OC(C(F)(F)F)C(F)(F)F. The molecule has 0 atom stereocenters. The molecule has 8 radical (unpaired) electrons. The van der Waals surface area contributed by atoms with Crippen molar-refractivity contribution < 1.29 is 35.9 Å². The molecule has 4 nitrogen and oxygen atoms in total. The lowest BCUT2D eigenvalue weighted by molar-refractivity contribution is -0.309. The van der Waals surface area contributed by atoms with Crippen molar-refractivity contribution in [1.82, 2.24) is 9.80 Å². The van der Waals surface area contributed by atoms with Crippen molar-refractivity contribution in [3.8, 4) is 0 Å². The quantitative estimate of drug-likeness (QED) is 0.507. The van der Waals surface area contributed by atoms with E-state index in [1.165, 1.54) is 4.90 Å². The smallest absolute Gasteiger partial charge is 0.427 e. The first-order chi connectivity index (χ1) is 11.2. The zero-order valence-electron chi connectivity index (χ0n) is 14.3. The van der Waals surface area contributed by atoms with Crippen molar-refractivity contribution in [1.29, 1.82) is 0 Å². The molecule has 0 unspecified atom stereocenters. The number of hydrogen-bond acceptors (Lipinski definition) is 3. The molecule has 1 saturated heterocycles. The number of rotatable bonds is 1. The second-order valence-corrected chi connectivity index (χ2v) is 7.19. The minimum absolute atomic E-state index is 0.0900. The van der Waals surface area contributed by atoms with Crippen LogP contribution in [-0.4, -0.2) is 95.0 Å².